The van der Waals surface area contributed by atoms with E-state index >= 15 is 0 Å². The van der Waals surface area contributed by atoms with Gasteiger partial charge < -0.3 is 24.8 Å². The van der Waals surface area contributed by atoms with Crippen molar-refractivity contribution in [3.8, 4) is 17.2 Å². The molecule has 2 amide bonds. The third kappa shape index (κ3) is 6.22. The summed E-state index contributed by atoms with van der Waals surface area (Å²) in [4.78, 5) is 28.8. The highest BCUT2D eigenvalue weighted by Crippen LogP contribution is 2.38. The second kappa shape index (κ2) is 11.5. The van der Waals surface area contributed by atoms with Crippen molar-refractivity contribution in [1.29, 1.82) is 0 Å². The summed E-state index contributed by atoms with van der Waals surface area (Å²) in [5, 5.41) is 6.62. The molecule has 1 heterocycles. The molecular weight excluding hydrogens is 422 g/mol. The number of methoxy groups -OCH3 is 3. The topological polar surface area (TPSA) is 98.8 Å². The lowest BCUT2D eigenvalue weighted by Crippen LogP contribution is -2.23. The molecular formula is C25H27N3O5. The Morgan fingerprint density at radius 2 is 1.73 bits per heavy atom. The summed E-state index contributed by atoms with van der Waals surface area (Å²) in [5.41, 5.74) is 2.15. The molecule has 3 rings (SSSR count). The molecule has 3 aromatic rings. The number of anilines is 1. The quantitative estimate of drug-likeness (QED) is 0.361. The predicted molar refractivity (Wildman–Crippen MR) is 128 cm³/mol. The van der Waals surface area contributed by atoms with E-state index < -0.39 is 0 Å². The van der Waals surface area contributed by atoms with E-state index in [4.69, 9.17) is 14.2 Å². The van der Waals surface area contributed by atoms with Crippen molar-refractivity contribution in [2.45, 2.75) is 12.8 Å². The SMILES string of the molecule is COc1cc(/C=C/C(=O)NCCCC(=O)Nc2cccc3cccnc23)cc(OC)c1OC. The minimum Gasteiger partial charge on any atom is -0.493 e. The van der Waals surface area contributed by atoms with Gasteiger partial charge in [0.1, 0.15) is 0 Å². The molecule has 0 bridgehead atoms. The second-order valence-electron chi connectivity index (χ2n) is 7.12. The molecule has 2 N–H and O–H groups in total. The fourth-order valence-electron chi connectivity index (χ4n) is 3.31. The fraction of sp³-hybridized carbons (Fsp3) is 0.240. The van der Waals surface area contributed by atoms with Crippen LogP contribution < -0.4 is 24.8 Å². The van der Waals surface area contributed by atoms with Gasteiger partial charge in [-0.25, -0.2) is 0 Å². The molecule has 0 aliphatic heterocycles. The van der Waals surface area contributed by atoms with Gasteiger partial charge in [0.05, 0.1) is 32.5 Å². The Kier molecular flexibility index (Phi) is 8.24. The normalized spacial score (nSPS) is 10.8. The zero-order valence-corrected chi connectivity index (χ0v) is 18.9. The number of amides is 2. The summed E-state index contributed by atoms with van der Waals surface area (Å²) in [6.07, 6.45) is 5.55. The number of carbonyl (C=O) groups is 2. The third-order valence-electron chi connectivity index (χ3n) is 4.90. The molecule has 8 heteroatoms. The smallest absolute Gasteiger partial charge is 0.243 e. The van der Waals surface area contributed by atoms with Crippen molar-refractivity contribution in [2.75, 3.05) is 33.2 Å². The fourth-order valence-corrected chi connectivity index (χ4v) is 3.31. The van der Waals surface area contributed by atoms with E-state index in [0.717, 1.165) is 16.5 Å². The molecule has 0 saturated carbocycles. The van der Waals surface area contributed by atoms with Gasteiger partial charge in [0, 0.05) is 30.6 Å². The molecule has 1 aromatic heterocycles. The van der Waals surface area contributed by atoms with Gasteiger partial charge >= 0.3 is 0 Å². The van der Waals surface area contributed by atoms with Crippen LogP contribution in [0.2, 0.25) is 0 Å². The lowest BCUT2D eigenvalue weighted by atomic mass is 10.1. The number of pyridine rings is 1. The van der Waals surface area contributed by atoms with Crippen molar-refractivity contribution < 1.29 is 23.8 Å². The predicted octanol–water partition coefficient (Wildman–Crippen LogP) is 3.81. The van der Waals surface area contributed by atoms with Gasteiger partial charge in [0.15, 0.2) is 11.5 Å². The number of carbonyl (C=O) groups excluding carboxylic acids is 2. The number of nitrogens with zero attached hydrogens (tertiary/aromatic N) is 1. The molecule has 8 nitrogen and oxygen atoms in total. The highest BCUT2D eigenvalue weighted by atomic mass is 16.5. The second-order valence-corrected chi connectivity index (χ2v) is 7.12. The molecule has 0 radical (unpaired) electrons. The third-order valence-corrected chi connectivity index (χ3v) is 4.90. The van der Waals surface area contributed by atoms with Crippen LogP contribution in [-0.4, -0.2) is 44.7 Å². The summed E-state index contributed by atoms with van der Waals surface area (Å²) in [6.45, 7) is 0.375. The Balaban J connectivity index is 1.48. The molecule has 0 aliphatic carbocycles. The van der Waals surface area contributed by atoms with Gasteiger partial charge in [0.25, 0.3) is 0 Å². The molecule has 33 heavy (non-hydrogen) atoms. The van der Waals surface area contributed by atoms with E-state index in [2.05, 4.69) is 15.6 Å². The Morgan fingerprint density at radius 1 is 1.00 bits per heavy atom. The van der Waals surface area contributed by atoms with Crippen molar-refractivity contribution >= 4 is 34.5 Å². The van der Waals surface area contributed by atoms with E-state index in [1.165, 1.54) is 27.4 Å². The van der Waals surface area contributed by atoms with Crippen LogP contribution in [0.15, 0.2) is 54.7 Å². The van der Waals surface area contributed by atoms with Crippen LogP contribution >= 0.6 is 0 Å². The maximum atomic E-state index is 12.3. The van der Waals surface area contributed by atoms with Crippen molar-refractivity contribution in [2.24, 2.45) is 0 Å². The minimum absolute atomic E-state index is 0.129. The van der Waals surface area contributed by atoms with Crippen LogP contribution in [0.3, 0.4) is 0 Å². The first-order valence-electron chi connectivity index (χ1n) is 10.4. The lowest BCUT2D eigenvalue weighted by Gasteiger charge is -2.12. The van der Waals surface area contributed by atoms with Crippen LogP contribution in [0.5, 0.6) is 17.2 Å². The maximum Gasteiger partial charge on any atom is 0.243 e. The zero-order valence-electron chi connectivity index (χ0n) is 18.9. The first-order valence-corrected chi connectivity index (χ1v) is 10.4. The number of ether oxygens (including phenoxy) is 3. The number of hydrogen-bond acceptors (Lipinski definition) is 6. The zero-order chi connectivity index (χ0) is 23.6. The number of hydrogen-bond donors (Lipinski definition) is 2. The van der Waals surface area contributed by atoms with Crippen LogP contribution in [0.4, 0.5) is 5.69 Å². The maximum absolute atomic E-state index is 12.3. The molecule has 0 saturated heterocycles. The van der Waals surface area contributed by atoms with E-state index in [1.807, 2.05) is 30.3 Å². The lowest BCUT2D eigenvalue weighted by molar-refractivity contribution is -0.118. The van der Waals surface area contributed by atoms with Gasteiger partial charge in [-0.15, -0.1) is 0 Å². The molecule has 0 atom stereocenters. The van der Waals surface area contributed by atoms with Crippen LogP contribution in [0.1, 0.15) is 18.4 Å². The Labute approximate surface area is 192 Å². The van der Waals surface area contributed by atoms with Crippen molar-refractivity contribution in [1.82, 2.24) is 10.3 Å². The standard InChI is InChI=1S/C25H27N3O5/c1-31-20-15-17(16-21(32-2)25(20)33-3)11-12-22(29)26-13-6-10-23(30)28-19-9-4-7-18-8-5-14-27-24(18)19/h4-5,7-9,11-12,14-16H,6,10,13H2,1-3H3,(H,26,29)(H,28,30)/b12-11+. The van der Waals surface area contributed by atoms with Crippen molar-refractivity contribution in [3.63, 3.8) is 0 Å². The van der Waals surface area contributed by atoms with E-state index in [9.17, 15) is 9.59 Å². The average molecular weight is 450 g/mol. The summed E-state index contributed by atoms with van der Waals surface area (Å²) in [5.74, 6) is 1.10. The van der Waals surface area contributed by atoms with E-state index in [1.54, 1.807) is 24.4 Å². The minimum atomic E-state index is -0.262. The molecule has 0 unspecified atom stereocenters. The van der Waals surface area contributed by atoms with Gasteiger partial charge in [0.2, 0.25) is 17.6 Å². The summed E-state index contributed by atoms with van der Waals surface area (Å²) in [7, 11) is 4.59. The number of para-hydroxylation sites is 1. The van der Waals surface area contributed by atoms with Crippen LogP contribution in [0, 0.1) is 0 Å². The van der Waals surface area contributed by atoms with E-state index in [-0.39, 0.29) is 18.2 Å². The number of fused-ring (bicyclic) bond motifs is 1. The summed E-state index contributed by atoms with van der Waals surface area (Å²) >= 11 is 0. The first-order chi connectivity index (χ1) is 16.0. The highest BCUT2D eigenvalue weighted by Gasteiger charge is 2.12. The summed E-state index contributed by atoms with van der Waals surface area (Å²) in [6, 6.07) is 12.9. The largest absolute Gasteiger partial charge is 0.493 e. The van der Waals surface area contributed by atoms with Gasteiger partial charge in [-0.05, 0) is 42.3 Å². The number of rotatable bonds is 10. The number of benzene rings is 2. The molecule has 0 fully saturated rings. The van der Waals surface area contributed by atoms with Crippen molar-refractivity contribution in [3.05, 3.63) is 60.3 Å². The molecule has 172 valence electrons. The molecule has 0 aliphatic rings. The number of nitrogens with one attached hydrogen (secondary N) is 2. The van der Waals surface area contributed by atoms with Gasteiger partial charge in [-0.3, -0.25) is 14.6 Å². The molecule has 0 spiro atoms. The summed E-state index contributed by atoms with van der Waals surface area (Å²) < 4.78 is 15.9. The van der Waals surface area contributed by atoms with Gasteiger partial charge in [-0.2, -0.15) is 0 Å². The Morgan fingerprint density at radius 3 is 2.42 bits per heavy atom. The average Bonchev–Trinajstić information content (AvgIpc) is 2.84. The van der Waals surface area contributed by atoms with Crippen LogP contribution in [0.25, 0.3) is 17.0 Å². The first kappa shape index (κ1) is 23.6. The van der Waals surface area contributed by atoms with E-state index in [0.29, 0.717) is 35.9 Å². The molecule has 2 aromatic carbocycles. The Bertz CT molecular complexity index is 1130. The highest BCUT2D eigenvalue weighted by molar-refractivity contribution is 6.00. The number of aromatic nitrogens is 1. The van der Waals surface area contributed by atoms with Gasteiger partial charge in [-0.1, -0.05) is 18.2 Å². The monoisotopic (exact) mass is 449 g/mol. The Hall–Kier alpha value is -4.07. The van der Waals surface area contributed by atoms with Crippen LogP contribution in [-0.2, 0) is 9.59 Å².